The number of halogens is 4. The summed E-state index contributed by atoms with van der Waals surface area (Å²) in [5.74, 6) is 1.68. The van der Waals surface area contributed by atoms with Gasteiger partial charge in [-0.2, -0.15) is 13.2 Å². The molecule has 0 fully saturated rings. The molecule has 0 saturated heterocycles. The molecule has 0 aromatic heterocycles. The highest BCUT2D eigenvalue weighted by Gasteiger charge is 2.28. The lowest BCUT2D eigenvalue weighted by Crippen LogP contribution is -2.40. The molecule has 1 rings (SSSR count). The number of nitrogens with one attached hydrogen (secondary N) is 2. The number of nitrogens with zero attached hydrogens (tertiary/aromatic N) is 1. The maximum atomic E-state index is 12.3. The Morgan fingerprint density at radius 3 is 2.55 bits per heavy atom. The van der Waals surface area contributed by atoms with Crippen molar-refractivity contribution in [2.45, 2.75) is 46.3 Å². The van der Waals surface area contributed by atoms with Crippen molar-refractivity contribution in [3.05, 3.63) is 29.8 Å². The summed E-state index contributed by atoms with van der Waals surface area (Å²) in [6, 6.07) is 6.50. The van der Waals surface area contributed by atoms with Crippen LogP contribution in [-0.2, 0) is 6.54 Å². The van der Waals surface area contributed by atoms with E-state index in [-0.39, 0.29) is 36.3 Å². The molecule has 1 atom stereocenters. The highest BCUT2D eigenvalue weighted by atomic mass is 127. The van der Waals surface area contributed by atoms with E-state index in [9.17, 15) is 18.3 Å². The van der Waals surface area contributed by atoms with Gasteiger partial charge >= 0.3 is 6.18 Å². The smallest absolute Gasteiger partial charge is 0.422 e. The van der Waals surface area contributed by atoms with Crippen molar-refractivity contribution in [1.29, 1.82) is 0 Å². The summed E-state index contributed by atoms with van der Waals surface area (Å²) in [4.78, 5) is 4.50. The molecule has 0 amide bonds. The normalized spacial score (nSPS) is 13.0. The maximum Gasteiger partial charge on any atom is 0.422 e. The van der Waals surface area contributed by atoms with E-state index in [2.05, 4.69) is 29.5 Å². The summed E-state index contributed by atoms with van der Waals surface area (Å²) in [6.07, 6.45) is -2.63. The molecule has 0 aliphatic heterocycles. The number of aliphatic hydroxyl groups is 1. The fourth-order valence-corrected chi connectivity index (χ4v) is 2.80. The van der Waals surface area contributed by atoms with Gasteiger partial charge in [0, 0.05) is 19.7 Å². The molecule has 1 aromatic carbocycles. The summed E-state index contributed by atoms with van der Waals surface area (Å²) in [5, 5.41) is 15.7. The van der Waals surface area contributed by atoms with Gasteiger partial charge in [-0.1, -0.05) is 26.0 Å². The zero-order valence-electron chi connectivity index (χ0n) is 17.3. The zero-order chi connectivity index (χ0) is 21.0. The minimum Gasteiger partial charge on any atom is -0.484 e. The van der Waals surface area contributed by atoms with Crippen LogP contribution in [0, 0.1) is 11.8 Å². The average Bonchev–Trinajstić information content (AvgIpc) is 2.61. The van der Waals surface area contributed by atoms with Gasteiger partial charge in [-0.15, -0.1) is 24.0 Å². The van der Waals surface area contributed by atoms with E-state index < -0.39 is 12.8 Å². The third kappa shape index (κ3) is 13.6. The molecule has 3 N–H and O–H groups in total. The van der Waals surface area contributed by atoms with Crippen molar-refractivity contribution in [1.82, 2.24) is 10.6 Å². The minimum atomic E-state index is -4.36. The van der Waals surface area contributed by atoms with Crippen LogP contribution in [0.2, 0.25) is 0 Å². The van der Waals surface area contributed by atoms with Crippen LogP contribution in [0.3, 0.4) is 0 Å². The quantitative estimate of drug-likeness (QED) is 0.226. The number of hydrogen-bond acceptors (Lipinski definition) is 3. The second-order valence-corrected chi connectivity index (χ2v) is 7.14. The van der Waals surface area contributed by atoms with Crippen LogP contribution >= 0.6 is 24.0 Å². The summed E-state index contributed by atoms with van der Waals surface area (Å²) in [7, 11) is 0. The van der Waals surface area contributed by atoms with Gasteiger partial charge in [0.1, 0.15) is 5.75 Å². The second kappa shape index (κ2) is 14.7. The van der Waals surface area contributed by atoms with Crippen molar-refractivity contribution in [2.24, 2.45) is 16.8 Å². The number of guanidine groups is 1. The van der Waals surface area contributed by atoms with Gasteiger partial charge in [-0.3, -0.25) is 0 Å². The molecule has 0 aliphatic rings. The first-order chi connectivity index (χ1) is 13.2. The van der Waals surface area contributed by atoms with Crippen LogP contribution in [0.15, 0.2) is 29.3 Å². The molecule has 5 nitrogen and oxygen atoms in total. The molecule has 0 spiro atoms. The van der Waals surface area contributed by atoms with Crippen LogP contribution in [-0.4, -0.2) is 43.5 Å². The molecule has 0 aliphatic carbocycles. The predicted molar refractivity (Wildman–Crippen MR) is 121 cm³/mol. The molecule has 168 valence electrons. The van der Waals surface area contributed by atoms with Crippen LogP contribution in [0.25, 0.3) is 0 Å². The standard InChI is InChI=1S/C20H32F3N3O2.HI/c1-4-24-19(26-13-17(8-9-27)10-15(2)3)25-12-16-6-5-7-18(11-16)28-14-20(21,22)23;/h5-7,11,15,17,27H,4,8-10,12-14H2,1-3H3,(H2,24,25,26);1H. The van der Waals surface area contributed by atoms with Gasteiger partial charge in [0.15, 0.2) is 12.6 Å². The van der Waals surface area contributed by atoms with Crippen molar-refractivity contribution >= 4 is 29.9 Å². The Morgan fingerprint density at radius 1 is 1.24 bits per heavy atom. The molecular formula is C20H33F3IN3O2. The summed E-state index contributed by atoms with van der Waals surface area (Å²) >= 11 is 0. The highest BCUT2D eigenvalue weighted by molar-refractivity contribution is 14.0. The Labute approximate surface area is 188 Å². The van der Waals surface area contributed by atoms with Gasteiger partial charge in [-0.05, 0) is 49.3 Å². The van der Waals surface area contributed by atoms with E-state index in [1.165, 1.54) is 6.07 Å². The lowest BCUT2D eigenvalue weighted by molar-refractivity contribution is -0.153. The monoisotopic (exact) mass is 531 g/mol. The first kappa shape index (κ1) is 27.8. The number of hydrogen-bond donors (Lipinski definition) is 3. The minimum absolute atomic E-state index is 0. The van der Waals surface area contributed by atoms with Gasteiger partial charge in [0.25, 0.3) is 0 Å². The topological polar surface area (TPSA) is 65.9 Å². The van der Waals surface area contributed by atoms with E-state index in [4.69, 9.17) is 4.74 Å². The summed E-state index contributed by atoms with van der Waals surface area (Å²) < 4.78 is 41.6. The van der Waals surface area contributed by atoms with E-state index in [1.807, 2.05) is 6.92 Å². The SMILES string of the molecule is CCNC(=NCc1cccc(OCC(F)(F)F)c1)NCC(CCO)CC(C)C.I. The van der Waals surface area contributed by atoms with Crippen molar-refractivity contribution < 1.29 is 23.0 Å². The molecule has 1 aromatic rings. The number of alkyl halides is 3. The average molecular weight is 531 g/mol. The number of benzene rings is 1. The fraction of sp³-hybridized carbons (Fsp3) is 0.650. The number of rotatable bonds is 11. The third-order valence-electron chi connectivity index (χ3n) is 3.97. The Bertz CT molecular complexity index is 599. The molecule has 0 radical (unpaired) electrons. The van der Waals surface area contributed by atoms with Crippen LogP contribution in [0.1, 0.15) is 39.2 Å². The lowest BCUT2D eigenvalue weighted by atomic mass is 9.94. The number of ether oxygens (including phenoxy) is 1. The van der Waals surface area contributed by atoms with Crippen molar-refractivity contribution in [3.63, 3.8) is 0 Å². The first-order valence-electron chi connectivity index (χ1n) is 9.65. The van der Waals surface area contributed by atoms with E-state index in [0.29, 0.717) is 37.4 Å². The lowest BCUT2D eigenvalue weighted by Gasteiger charge is -2.20. The van der Waals surface area contributed by atoms with Gasteiger partial charge in [0.2, 0.25) is 0 Å². The molecule has 29 heavy (non-hydrogen) atoms. The molecule has 0 bridgehead atoms. The molecule has 1 unspecified atom stereocenters. The number of aliphatic imine (C=N–C) groups is 1. The predicted octanol–water partition coefficient (Wildman–Crippen LogP) is 4.35. The molecule has 9 heteroatoms. The molecule has 0 heterocycles. The maximum absolute atomic E-state index is 12.3. The van der Waals surface area contributed by atoms with E-state index in [0.717, 1.165) is 18.4 Å². The van der Waals surface area contributed by atoms with Gasteiger partial charge < -0.3 is 20.5 Å². The Kier molecular flexibility index (Phi) is 14.1. The van der Waals surface area contributed by atoms with E-state index >= 15 is 0 Å². The van der Waals surface area contributed by atoms with Gasteiger partial charge in [-0.25, -0.2) is 4.99 Å². The Hall–Kier alpha value is -1.23. The summed E-state index contributed by atoms with van der Waals surface area (Å²) in [6.45, 7) is 6.79. The molecular weight excluding hydrogens is 498 g/mol. The van der Waals surface area contributed by atoms with Crippen LogP contribution < -0.4 is 15.4 Å². The largest absolute Gasteiger partial charge is 0.484 e. The Morgan fingerprint density at radius 2 is 1.97 bits per heavy atom. The van der Waals surface area contributed by atoms with Crippen molar-refractivity contribution in [2.75, 3.05) is 26.3 Å². The second-order valence-electron chi connectivity index (χ2n) is 7.14. The van der Waals surface area contributed by atoms with Crippen molar-refractivity contribution in [3.8, 4) is 5.75 Å². The van der Waals surface area contributed by atoms with Crippen LogP contribution in [0.4, 0.5) is 13.2 Å². The molecule has 0 saturated carbocycles. The third-order valence-corrected chi connectivity index (χ3v) is 3.97. The summed E-state index contributed by atoms with van der Waals surface area (Å²) in [5.41, 5.74) is 0.756. The van der Waals surface area contributed by atoms with Gasteiger partial charge in [0.05, 0.1) is 6.54 Å². The fourth-order valence-electron chi connectivity index (χ4n) is 2.80. The highest BCUT2D eigenvalue weighted by Crippen LogP contribution is 2.19. The Balaban J connectivity index is 0.00000784. The van der Waals surface area contributed by atoms with E-state index in [1.54, 1.807) is 18.2 Å². The van der Waals surface area contributed by atoms with Crippen LogP contribution in [0.5, 0.6) is 5.75 Å². The number of aliphatic hydroxyl groups excluding tert-OH is 1. The zero-order valence-corrected chi connectivity index (χ0v) is 19.6. The first-order valence-corrected chi connectivity index (χ1v) is 9.65.